The van der Waals surface area contributed by atoms with E-state index in [2.05, 4.69) is 66.8 Å². The summed E-state index contributed by atoms with van der Waals surface area (Å²) < 4.78 is 7.13. The molecule has 0 spiro atoms. The van der Waals surface area contributed by atoms with Crippen molar-refractivity contribution >= 4 is 22.6 Å². The second kappa shape index (κ2) is 8.92. The Morgan fingerprint density at radius 2 is 1.72 bits per heavy atom. The first-order valence-electron chi connectivity index (χ1n) is 6.98. The highest BCUT2D eigenvalue weighted by Crippen LogP contribution is 2.27. The maximum atomic E-state index is 6.14. The van der Waals surface area contributed by atoms with Gasteiger partial charge < -0.3 is 4.74 Å². The molecule has 0 fully saturated rings. The molecule has 0 N–H and O–H groups in total. The van der Waals surface area contributed by atoms with Crippen molar-refractivity contribution in [3.63, 3.8) is 0 Å². The average molecular weight is 360 g/mol. The van der Waals surface area contributed by atoms with E-state index in [0.717, 1.165) is 11.0 Å². The number of ether oxygens (including phenoxy) is 1. The molecule has 0 aliphatic carbocycles. The molecule has 0 aliphatic rings. The fourth-order valence-corrected chi connectivity index (χ4v) is 2.65. The SMILES string of the molecule is CCCCCCCOC(C)(CI)c1ccccc1. The van der Waals surface area contributed by atoms with Crippen LogP contribution in [0.3, 0.4) is 0 Å². The molecule has 1 aromatic carbocycles. The largest absolute Gasteiger partial charge is 0.370 e. The van der Waals surface area contributed by atoms with Crippen LogP contribution in [0.25, 0.3) is 0 Å². The number of rotatable bonds is 9. The van der Waals surface area contributed by atoms with E-state index in [-0.39, 0.29) is 5.60 Å². The van der Waals surface area contributed by atoms with Gasteiger partial charge in [0.15, 0.2) is 0 Å². The van der Waals surface area contributed by atoms with E-state index in [1.54, 1.807) is 0 Å². The van der Waals surface area contributed by atoms with Crippen molar-refractivity contribution < 1.29 is 4.74 Å². The molecule has 1 rings (SSSR count). The summed E-state index contributed by atoms with van der Waals surface area (Å²) in [7, 11) is 0. The van der Waals surface area contributed by atoms with Crippen molar-refractivity contribution in [1.82, 2.24) is 0 Å². The molecule has 0 radical (unpaired) electrons. The Morgan fingerprint density at radius 1 is 1.06 bits per heavy atom. The average Bonchev–Trinajstić information content (AvgIpc) is 2.43. The lowest BCUT2D eigenvalue weighted by molar-refractivity contribution is -0.0172. The number of halogens is 1. The third-order valence-electron chi connectivity index (χ3n) is 3.31. The summed E-state index contributed by atoms with van der Waals surface area (Å²) in [6.07, 6.45) is 6.46. The van der Waals surface area contributed by atoms with E-state index >= 15 is 0 Å². The topological polar surface area (TPSA) is 9.23 Å². The lowest BCUT2D eigenvalue weighted by atomic mass is 9.98. The van der Waals surface area contributed by atoms with Gasteiger partial charge in [-0.05, 0) is 18.9 Å². The molecule has 0 saturated carbocycles. The van der Waals surface area contributed by atoms with Crippen molar-refractivity contribution in [2.45, 2.75) is 51.6 Å². The lowest BCUT2D eigenvalue weighted by Gasteiger charge is -2.28. The second-order valence-electron chi connectivity index (χ2n) is 4.99. The van der Waals surface area contributed by atoms with Crippen LogP contribution in [0.2, 0.25) is 0 Å². The molecule has 2 heteroatoms. The van der Waals surface area contributed by atoms with Crippen LogP contribution < -0.4 is 0 Å². The highest BCUT2D eigenvalue weighted by Gasteiger charge is 2.25. The van der Waals surface area contributed by atoms with Crippen molar-refractivity contribution in [3.8, 4) is 0 Å². The third-order valence-corrected chi connectivity index (χ3v) is 4.76. The lowest BCUT2D eigenvalue weighted by Crippen LogP contribution is -2.28. The summed E-state index contributed by atoms with van der Waals surface area (Å²) in [5.74, 6) is 0. The molecule has 1 atom stereocenters. The molecule has 1 unspecified atom stereocenters. The van der Waals surface area contributed by atoms with E-state index < -0.39 is 0 Å². The Bertz CT molecular complexity index is 312. The maximum absolute atomic E-state index is 6.14. The zero-order valence-electron chi connectivity index (χ0n) is 11.6. The van der Waals surface area contributed by atoms with Gasteiger partial charge in [-0.2, -0.15) is 0 Å². The van der Waals surface area contributed by atoms with Gasteiger partial charge in [0.2, 0.25) is 0 Å². The highest BCUT2D eigenvalue weighted by atomic mass is 127. The molecule has 1 nitrogen and oxygen atoms in total. The number of alkyl halides is 1. The third kappa shape index (κ3) is 5.27. The Hall–Kier alpha value is -0.0900. The minimum atomic E-state index is -0.132. The molecule has 0 bridgehead atoms. The summed E-state index contributed by atoms with van der Waals surface area (Å²) in [6, 6.07) is 10.6. The van der Waals surface area contributed by atoms with Crippen LogP contribution in [0.1, 0.15) is 51.5 Å². The predicted molar refractivity (Wildman–Crippen MR) is 87.4 cm³/mol. The number of hydrogen-bond acceptors (Lipinski definition) is 1. The molecular formula is C16H25IO. The normalized spacial score (nSPS) is 14.4. The van der Waals surface area contributed by atoms with E-state index in [1.807, 2.05) is 0 Å². The first-order valence-corrected chi connectivity index (χ1v) is 8.51. The molecule has 1 aromatic rings. The van der Waals surface area contributed by atoms with Gasteiger partial charge in [0, 0.05) is 11.0 Å². The minimum Gasteiger partial charge on any atom is -0.370 e. The van der Waals surface area contributed by atoms with Gasteiger partial charge in [-0.1, -0.05) is 85.5 Å². The summed E-state index contributed by atoms with van der Waals surface area (Å²) in [4.78, 5) is 0. The Labute approximate surface area is 125 Å². The number of hydrogen-bond donors (Lipinski definition) is 0. The number of unbranched alkanes of at least 4 members (excludes halogenated alkanes) is 4. The van der Waals surface area contributed by atoms with Crippen LogP contribution in [-0.2, 0) is 10.3 Å². The first-order chi connectivity index (χ1) is 8.73. The zero-order valence-corrected chi connectivity index (χ0v) is 13.8. The Kier molecular flexibility index (Phi) is 7.91. The van der Waals surface area contributed by atoms with Gasteiger partial charge in [0.1, 0.15) is 0 Å². The van der Waals surface area contributed by atoms with E-state index in [4.69, 9.17) is 4.74 Å². The summed E-state index contributed by atoms with van der Waals surface area (Å²) in [5.41, 5.74) is 1.15. The van der Waals surface area contributed by atoms with Gasteiger partial charge in [-0.15, -0.1) is 0 Å². The van der Waals surface area contributed by atoms with Crippen LogP contribution in [0, 0.1) is 0 Å². The van der Waals surface area contributed by atoms with E-state index in [1.165, 1.54) is 37.7 Å². The minimum absolute atomic E-state index is 0.132. The first kappa shape index (κ1) is 16.0. The van der Waals surface area contributed by atoms with Crippen LogP contribution in [0.15, 0.2) is 30.3 Å². The fourth-order valence-electron chi connectivity index (χ4n) is 1.99. The summed E-state index contributed by atoms with van der Waals surface area (Å²) in [5, 5.41) is 0. The van der Waals surface area contributed by atoms with Gasteiger partial charge in [0.05, 0.1) is 5.60 Å². The molecule has 0 aliphatic heterocycles. The monoisotopic (exact) mass is 360 g/mol. The fraction of sp³-hybridized carbons (Fsp3) is 0.625. The molecule has 0 amide bonds. The van der Waals surface area contributed by atoms with Gasteiger partial charge in [-0.3, -0.25) is 0 Å². The van der Waals surface area contributed by atoms with Crippen LogP contribution in [0.4, 0.5) is 0 Å². The van der Waals surface area contributed by atoms with Gasteiger partial charge in [-0.25, -0.2) is 0 Å². The van der Waals surface area contributed by atoms with Crippen molar-refractivity contribution in [2.24, 2.45) is 0 Å². The van der Waals surface area contributed by atoms with Crippen molar-refractivity contribution in [2.75, 3.05) is 11.0 Å². The van der Waals surface area contributed by atoms with E-state index in [0.29, 0.717) is 0 Å². The van der Waals surface area contributed by atoms with E-state index in [9.17, 15) is 0 Å². The Balaban J connectivity index is 2.37. The molecule has 18 heavy (non-hydrogen) atoms. The second-order valence-corrected chi connectivity index (χ2v) is 5.76. The highest BCUT2D eigenvalue weighted by molar-refractivity contribution is 14.1. The van der Waals surface area contributed by atoms with Crippen molar-refractivity contribution in [1.29, 1.82) is 0 Å². The van der Waals surface area contributed by atoms with Crippen LogP contribution in [-0.4, -0.2) is 11.0 Å². The molecular weight excluding hydrogens is 335 g/mol. The standard InChI is InChI=1S/C16H25IO/c1-3-4-5-6-10-13-18-16(2,14-17)15-11-8-7-9-12-15/h7-9,11-12H,3-6,10,13-14H2,1-2H3. The molecule has 0 heterocycles. The summed E-state index contributed by atoms with van der Waals surface area (Å²) >= 11 is 2.42. The van der Waals surface area contributed by atoms with Crippen LogP contribution in [0.5, 0.6) is 0 Å². The van der Waals surface area contributed by atoms with Crippen LogP contribution >= 0.6 is 22.6 Å². The Morgan fingerprint density at radius 3 is 2.33 bits per heavy atom. The molecule has 0 aromatic heterocycles. The molecule has 102 valence electrons. The molecule has 0 saturated heterocycles. The predicted octanol–water partition coefficient (Wildman–Crippen LogP) is 5.32. The summed E-state index contributed by atoms with van der Waals surface area (Å²) in [6.45, 7) is 5.32. The van der Waals surface area contributed by atoms with Gasteiger partial charge >= 0.3 is 0 Å². The zero-order chi connectivity index (χ0) is 13.3. The number of benzene rings is 1. The van der Waals surface area contributed by atoms with Gasteiger partial charge in [0.25, 0.3) is 0 Å². The maximum Gasteiger partial charge on any atom is 0.0992 e. The smallest absolute Gasteiger partial charge is 0.0992 e. The quantitative estimate of drug-likeness (QED) is 0.329. The van der Waals surface area contributed by atoms with Crippen molar-refractivity contribution in [3.05, 3.63) is 35.9 Å².